The normalized spacial score (nSPS) is 10.4. The molecule has 0 aliphatic carbocycles. The van der Waals surface area contributed by atoms with Crippen LogP contribution in [0.4, 0.5) is 5.00 Å². The first kappa shape index (κ1) is 15.2. The number of hydrogen-bond donors (Lipinski definition) is 2. The second-order valence-electron chi connectivity index (χ2n) is 4.42. The minimum Gasteiger partial charge on any atom is -0.462 e. The van der Waals surface area contributed by atoms with Crippen LogP contribution in [0.15, 0.2) is 12.1 Å². The van der Waals surface area contributed by atoms with Gasteiger partial charge in [0.25, 0.3) is 5.91 Å². The fourth-order valence-corrected chi connectivity index (χ4v) is 2.75. The van der Waals surface area contributed by atoms with Crippen LogP contribution in [-0.4, -0.2) is 28.7 Å². The quantitative estimate of drug-likeness (QED) is 0.832. The summed E-state index contributed by atoms with van der Waals surface area (Å²) in [5.41, 5.74) is 1.47. The third-order valence-corrected chi connectivity index (χ3v) is 3.99. The molecule has 0 bridgehead atoms. The van der Waals surface area contributed by atoms with Gasteiger partial charge < -0.3 is 10.1 Å². The molecular formula is C14H17N3O3S. The van der Waals surface area contributed by atoms with Crippen LogP contribution in [0.1, 0.15) is 45.3 Å². The van der Waals surface area contributed by atoms with E-state index in [0.717, 1.165) is 17.0 Å². The first-order chi connectivity index (χ1) is 10.0. The number of anilines is 1. The molecule has 21 heavy (non-hydrogen) atoms. The van der Waals surface area contributed by atoms with Gasteiger partial charge in [0.2, 0.25) is 0 Å². The Morgan fingerprint density at radius 2 is 2.14 bits per heavy atom. The summed E-state index contributed by atoms with van der Waals surface area (Å²) < 4.78 is 5.01. The van der Waals surface area contributed by atoms with E-state index in [4.69, 9.17) is 4.74 Å². The monoisotopic (exact) mass is 307 g/mol. The van der Waals surface area contributed by atoms with E-state index >= 15 is 0 Å². The summed E-state index contributed by atoms with van der Waals surface area (Å²) in [6.45, 7) is 5.84. The fraction of sp³-hybridized carbons (Fsp3) is 0.357. The van der Waals surface area contributed by atoms with Crippen molar-refractivity contribution in [2.24, 2.45) is 0 Å². The highest BCUT2D eigenvalue weighted by Gasteiger charge is 2.20. The van der Waals surface area contributed by atoms with Gasteiger partial charge in [-0.25, -0.2) is 4.79 Å². The molecule has 112 valence electrons. The van der Waals surface area contributed by atoms with Gasteiger partial charge in [0.1, 0.15) is 5.00 Å². The minimum atomic E-state index is -0.429. The highest BCUT2D eigenvalue weighted by Crippen LogP contribution is 2.29. The number of nitrogens with one attached hydrogen (secondary N) is 2. The Kier molecular flexibility index (Phi) is 4.74. The van der Waals surface area contributed by atoms with E-state index in [1.54, 1.807) is 19.1 Å². The second kappa shape index (κ2) is 6.53. The molecule has 0 spiro atoms. The molecule has 0 saturated heterocycles. The summed E-state index contributed by atoms with van der Waals surface area (Å²) in [6, 6.07) is 3.40. The molecule has 0 saturated carbocycles. The first-order valence-electron chi connectivity index (χ1n) is 6.68. The molecule has 0 aliphatic heterocycles. The molecule has 2 aromatic rings. The number of thiophene rings is 1. The van der Waals surface area contributed by atoms with Crippen LogP contribution in [0.3, 0.4) is 0 Å². The number of amides is 1. The summed E-state index contributed by atoms with van der Waals surface area (Å²) in [6.07, 6.45) is 0.786. The molecule has 6 nitrogen and oxygen atoms in total. The lowest BCUT2D eigenvalue weighted by Gasteiger charge is -2.04. The Bertz CT molecular complexity index is 660. The maximum atomic E-state index is 12.1. The summed E-state index contributed by atoms with van der Waals surface area (Å²) in [7, 11) is 0. The lowest BCUT2D eigenvalue weighted by atomic mass is 10.2. The number of nitrogens with zero attached hydrogens (tertiary/aromatic N) is 1. The van der Waals surface area contributed by atoms with E-state index in [1.807, 2.05) is 13.8 Å². The highest BCUT2D eigenvalue weighted by atomic mass is 32.1. The number of hydrogen-bond acceptors (Lipinski definition) is 5. The number of aryl methyl sites for hydroxylation is 2. The van der Waals surface area contributed by atoms with Gasteiger partial charge in [0.15, 0.2) is 5.69 Å². The Labute approximate surface area is 126 Å². The molecule has 2 rings (SSSR count). The topological polar surface area (TPSA) is 84.1 Å². The van der Waals surface area contributed by atoms with Crippen LogP contribution in [0.2, 0.25) is 0 Å². The van der Waals surface area contributed by atoms with Crippen LogP contribution < -0.4 is 5.32 Å². The van der Waals surface area contributed by atoms with Crippen molar-refractivity contribution in [3.05, 3.63) is 34.0 Å². The van der Waals surface area contributed by atoms with Gasteiger partial charge in [-0.2, -0.15) is 5.10 Å². The van der Waals surface area contributed by atoms with Crippen molar-refractivity contribution in [2.45, 2.75) is 27.2 Å². The zero-order valence-electron chi connectivity index (χ0n) is 12.1. The Morgan fingerprint density at radius 3 is 2.71 bits per heavy atom. The molecule has 0 atom stereocenters. The Balaban J connectivity index is 2.24. The van der Waals surface area contributed by atoms with Crippen LogP contribution >= 0.6 is 11.3 Å². The van der Waals surface area contributed by atoms with Gasteiger partial charge in [-0.05, 0) is 32.4 Å². The standard InChI is InChI=1S/C14H17N3O3S/c1-4-9-7-10(14(19)20-5-2)13(21-9)15-12(18)11-6-8(3)16-17-11/h6-7H,4-5H2,1-3H3,(H,15,18)(H,16,17). The largest absolute Gasteiger partial charge is 0.462 e. The van der Waals surface area contributed by atoms with Gasteiger partial charge in [-0.3, -0.25) is 9.89 Å². The van der Waals surface area contributed by atoms with Crippen molar-refractivity contribution in [3.63, 3.8) is 0 Å². The highest BCUT2D eigenvalue weighted by molar-refractivity contribution is 7.16. The molecule has 1 amide bonds. The smallest absolute Gasteiger partial charge is 0.341 e. The molecule has 2 heterocycles. The van der Waals surface area contributed by atoms with E-state index in [0.29, 0.717) is 17.2 Å². The van der Waals surface area contributed by atoms with Crippen molar-refractivity contribution in [1.82, 2.24) is 10.2 Å². The van der Waals surface area contributed by atoms with Crippen molar-refractivity contribution in [1.29, 1.82) is 0 Å². The van der Waals surface area contributed by atoms with Crippen LogP contribution in [-0.2, 0) is 11.2 Å². The predicted octanol–water partition coefficient (Wildman–Crippen LogP) is 2.77. The predicted molar refractivity (Wildman–Crippen MR) is 80.9 cm³/mol. The Morgan fingerprint density at radius 1 is 1.38 bits per heavy atom. The van der Waals surface area contributed by atoms with Crippen LogP contribution in [0.5, 0.6) is 0 Å². The molecule has 2 aromatic heterocycles. The van der Waals surface area contributed by atoms with Gasteiger partial charge in [-0.1, -0.05) is 6.92 Å². The van der Waals surface area contributed by atoms with Crippen molar-refractivity contribution in [2.75, 3.05) is 11.9 Å². The van der Waals surface area contributed by atoms with Crippen molar-refractivity contribution < 1.29 is 14.3 Å². The van der Waals surface area contributed by atoms with Crippen molar-refractivity contribution in [3.8, 4) is 0 Å². The number of carbonyl (C=O) groups is 2. The van der Waals surface area contributed by atoms with Crippen LogP contribution in [0, 0.1) is 6.92 Å². The zero-order chi connectivity index (χ0) is 15.4. The van der Waals surface area contributed by atoms with E-state index < -0.39 is 5.97 Å². The number of rotatable bonds is 5. The maximum absolute atomic E-state index is 12.1. The average Bonchev–Trinajstić information content (AvgIpc) is 3.05. The molecule has 0 aliphatic rings. The summed E-state index contributed by atoms with van der Waals surface area (Å²) >= 11 is 1.37. The van der Waals surface area contributed by atoms with Gasteiger partial charge >= 0.3 is 5.97 Å². The van der Waals surface area contributed by atoms with E-state index in [-0.39, 0.29) is 11.6 Å². The molecular weight excluding hydrogens is 290 g/mol. The van der Waals surface area contributed by atoms with Gasteiger partial charge in [-0.15, -0.1) is 11.3 Å². The number of aromatic amines is 1. The van der Waals surface area contributed by atoms with Crippen LogP contribution in [0.25, 0.3) is 0 Å². The number of H-pyrrole nitrogens is 1. The lowest BCUT2D eigenvalue weighted by Crippen LogP contribution is -2.14. The number of esters is 1. The van der Waals surface area contributed by atoms with Gasteiger partial charge in [0, 0.05) is 10.6 Å². The average molecular weight is 307 g/mol. The lowest BCUT2D eigenvalue weighted by molar-refractivity contribution is 0.0528. The minimum absolute atomic E-state index is 0.286. The Hall–Kier alpha value is -2.15. The molecule has 0 unspecified atom stereocenters. The SMILES string of the molecule is CCOC(=O)c1cc(CC)sc1NC(=O)c1cc(C)[nH]n1. The molecule has 0 aromatic carbocycles. The van der Waals surface area contributed by atoms with Gasteiger partial charge in [0.05, 0.1) is 12.2 Å². The fourth-order valence-electron chi connectivity index (χ4n) is 1.77. The van der Waals surface area contributed by atoms with Crippen molar-refractivity contribution >= 4 is 28.2 Å². The third-order valence-electron chi connectivity index (χ3n) is 2.79. The molecule has 0 radical (unpaired) electrons. The zero-order valence-corrected chi connectivity index (χ0v) is 13.0. The molecule has 2 N–H and O–H groups in total. The third kappa shape index (κ3) is 3.49. The van der Waals surface area contributed by atoms with E-state index in [9.17, 15) is 9.59 Å². The summed E-state index contributed by atoms with van der Waals surface area (Å²) in [4.78, 5) is 25.1. The number of aromatic nitrogens is 2. The van der Waals surface area contributed by atoms with E-state index in [2.05, 4.69) is 15.5 Å². The molecule has 0 fully saturated rings. The number of ether oxygens (including phenoxy) is 1. The second-order valence-corrected chi connectivity index (χ2v) is 5.56. The summed E-state index contributed by atoms with van der Waals surface area (Å²) in [5, 5.41) is 9.84. The number of carbonyl (C=O) groups excluding carboxylic acids is 2. The maximum Gasteiger partial charge on any atom is 0.341 e. The molecule has 7 heteroatoms. The first-order valence-corrected chi connectivity index (χ1v) is 7.50. The summed E-state index contributed by atoms with van der Waals surface area (Å²) in [5.74, 6) is -0.781. The van der Waals surface area contributed by atoms with E-state index in [1.165, 1.54) is 11.3 Å².